The van der Waals surface area contributed by atoms with Crippen molar-refractivity contribution in [2.45, 2.75) is 38.8 Å². The summed E-state index contributed by atoms with van der Waals surface area (Å²) in [7, 11) is 0. The highest BCUT2D eigenvalue weighted by molar-refractivity contribution is 5.99. The fourth-order valence-electron chi connectivity index (χ4n) is 4.57. The molecule has 2 amide bonds. The lowest BCUT2D eigenvalue weighted by atomic mass is 10.0. The Balaban J connectivity index is 1.37. The molecular weight excluding hydrogens is 478 g/mol. The molecule has 1 unspecified atom stereocenters. The molecule has 7 nitrogen and oxygen atoms in total. The van der Waals surface area contributed by atoms with Gasteiger partial charge in [0.1, 0.15) is 5.75 Å². The molecule has 0 fully saturated rings. The fourth-order valence-corrected chi connectivity index (χ4v) is 4.57. The second-order valence-corrected chi connectivity index (χ2v) is 9.64. The highest BCUT2D eigenvalue weighted by Gasteiger charge is 2.20. The Morgan fingerprint density at radius 2 is 1.84 bits per heavy atom. The summed E-state index contributed by atoms with van der Waals surface area (Å²) in [5.41, 5.74) is 5.53. The number of ether oxygens (including phenoxy) is 1. The number of aliphatic hydroxyl groups excluding tert-OH is 1. The first kappa shape index (κ1) is 25.1. The van der Waals surface area contributed by atoms with Crippen molar-refractivity contribution < 1.29 is 19.4 Å². The molecule has 38 heavy (non-hydrogen) atoms. The lowest BCUT2D eigenvalue weighted by Crippen LogP contribution is -2.39. The molecule has 1 aliphatic rings. The van der Waals surface area contributed by atoms with Gasteiger partial charge in [0, 0.05) is 33.9 Å². The number of para-hydroxylation sites is 1. The summed E-state index contributed by atoms with van der Waals surface area (Å²) in [6.07, 6.45) is 2.64. The van der Waals surface area contributed by atoms with Crippen LogP contribution < -0.4 is 15.4 Å². The molecule has 2 heterocycles. The minimum absolute atomic E-state index is 0.0209. The van der Waals surface area contributed by atoms with E-state index in [-0.39, 0.29) is 24.5 Å². The number of carbonyl (C=O) groups excluding carboxylic acids is 2. The number of hydrogen-bond acceptors (Lipinski definition) is 4. The highest BCUT2D eigenvalue weighted by atomic mass is 16.5. The largest absolute Gasteiger partial charge is 0.490 e. The summed E-state index contributed by atoms with van der Waals surface area (Å²) in [4.78, 5) is 28.3. The van der Waals surface area contributed by atoms with E-state index in [1.165, 1.54) is 0 Å². The van der Waals surface area contributed by atoms with E-state index in [0.29, 0.717) is 29.7 Å². The molecule has 0 bridgehead atoms. The van der Waals surface area contributed by atoms with E-state index in [1.807, 2.05) is 68.6 Å². The summed E-state index contributed by atoms with van der Waals surface area (Å²) in [6.45, 7) is 3.59. The number of carbonyl (C=O) groups is 2. The maximum atomic E-state index is 13.4. The van der Waals surface area contributed by atoms with Gasteiger partial charge in [-0.25, -0.2) is 0 Å². The molecule has 7 heteroatoms. The summed E-state index contributed by atoms with van der Waals surface area (Å²) < 4.78 is 5.91. The average Bonchev–Trinajstić information content (AvgIpc) is 3.49. The van der Waals surface area contributed by atoms with Gasteiger partial charge in [0.15, 0.2) is 0 Å². The predicted molar refractivity (Wildman–Crippen MR) is 147 cm³/mol. The van der Waals surface area contributed by atoms with Crippen molar-refractivity contribution in [2.75, 3.05) is 11.9 Å². The SMILES string of the molecule is CC(C)Oc1ccc(C#Cc2ccc3c(c2)NC(=O)C3)cc1C(=O)NC(CO)Cc1c[nH]c2ccccc12. The Morgan fingerprint density at radius 3 is 2.63 bits per heavy atom. The quantitative estimate of drug-likeness (QED) is 0.282. The van der Waals surface area contributed by atoms with Gasteiger partial charge in [-0.05, 0) is 67.8 Å². The first-order chi connectivity index (χ1) is 18.4. The van der Waals surface area contributed by atoms with E-state index in [4.69, 9.17) is 4.74 Å². The molecule has 1 aliphatic heterocycles. The van der Waals surface area contributed by atoms with Crippen molar-refractivity contribution in [3.63, 3.8) is 0 Å². The van der Waals surface area contributed by atoms with Crippen molar-refractivity contribution >= 4 is 28.4 Å². The smallest absolute Gasteiger partial charge is 0.255 e. The Morgan fingerprint density at radius 1 is 1.08 bits per heavy atom. The number of aromatic nitrogens is 1. The predicted octanol–water partition coefficient (Wildman–Crippen LogP) is 4.18. The topological polar surface area (TPSA) is 103 Å². The van der Waals surface area contributed by atoms with Gasteiger partial charge < -0.3 is 25.5 Å². The number of amides is 2. The van der Waals surface area contributed by atoms with Gasteiger partial charge in [0.05, 0.1) is 30.7 Å². The van der Waals surface area contributed by atoms with E-state index >= 15 is 0 Å². The van der Waals surface area contributed by atoms with Crippen LogP contribution in [0.3, 0.4) is 0 Å². The molecule has 0 spiro atoms. The van der Waals surface area contributed by atoms with Crippen LogP contribution in [0, 0.1) is 11.8 Å². The Labute approximate surface area is 221 Å². The van der Waals surface area contributed by atoms with Crippen LogP contribution in [0.1, 0.15) is 46.5 Å². The molecule has 3 aromatic carbocycles. The molecule has 4 aromatic rings. The Bertz CT molecular complexity index is 1580. The second-order valence-electron chi connectivity index (χ2n) is 9.64. The van der Waals surface area contributed by atoms with E-state index in [9.17, 15) is 14.7 Å². The molecule has 0 aliphatic carbocycles. The lowest BCUT2D eigenvalue weighted by Gasteiger charge is -2.19. The van der Waals surface area contributed by atoms with Crippen LogP contribution in [-0.4, -0.2) is 40.7 Å². The number of rotatable bonds is 7. The fraction of sp³-hybridized carbons (Fsp3) is 0.226. The van der Waals surface area contributed by atoms with Crippen molar-refractivity contribution in [3.8, 4) is 17.6 Å². The highest BCUT2D eigenvalue weighted by Crippen LogP contribution is 2.25. The number of H-pyrrole nitrogens is 1. The van der Waals surface area contributed by atoms with Gasteiger partial charge in [0.2, 0.25) is 5.91 Å². The molecule has 5 rings (SSSR count). The third-order valence-electron chi connectivity index (χ3n) is 6.37. The van der Waals surface area contributed by atoms with Crippen LogP contribution in [0.5, 0.6) is 5.75 Å². The minimum atomic E-state index is -0.482. The molecule has 4 N–H and O–H groups in total. The zero-order valence-corrected chi connectivity index (χ0v) is 21.3. The lowest BCUT2D eigenvalue weighted by molar-refractivity contribution is -0.115. The van der Waals surface area contributed by atoms with Crippen LogP contribution in [0.25, 0.3) is 10.9 Å². The standard InChI is InChI=1S/C31H29N3O4/c1-19(2)38-29-12-10-20(7-8-21-9-11-22-16-30(36)34-28(22)14-21)13-26(29)31(37)33-24(18-35)15-23-17-32-27-6-4-3-5-25(23)27/h3-6,9-14,17,19,24,32,35H,15-16,18H2,1-2H3,(H,33,37)(H,34,36). The van der Waals surface area contributed by atoms with Gasteiger partial charge >= 0.3 is 0 Å². The molecule has 1 aromatic heterocycles. The third-order valence-corrected chi connectivity index (χ3v) is 6.37. The van der Waals surface area contributed by atoms with Crippen LogP contribution >= 0.6 is 0 Å². The van der Waals surface area contributed by atoms with Crippen molar-refractivity contribution in [2.24, 2.45) is 0 Å². The molecular formula is C31H29N3O4. The van der Waals surface area contributed by atoms with Gasteiger partial charge in [-0.2, -0.15) is 0 Å². The molecule has 1 atom stereocenters. The van der Waals surface area contributed by atoms with Crippen molar-refractivity contribution in [1.29, 1.82) is 0 Å². The van der Waals surface area contributed by atoms with Crippen molar-refractivity contribution in [3.05, 3.63) is 94.7 Å². The van der Waals surface area contributed by atoms with E-state index in [1.54, 1.807) is 12.1 Å². The number of anilines is 1. The van der Waals surface area contributed by atoms with E-state index in [0.717, 1.165) is 33.3 Å². The summed E-state index contributed by atoms with van der Waals surface area (Å²) >= 11 is 0. The Kier molecular flexibility index (Phi) is 7.16. The first-order valence-corrected chi connectivity index (χ1v) is 12.6. The summed E-state index contributed by atoms with van der Waals surface area (Å²) in [5, 5.41) is 16.9. The van der Waals surface area contributed by atoms with Gasteiger partial charge in [-0.15, -0.1) is 0 Å². The van der Waals surface area contributed by atoms with E-state index < -0.39 is 6.04 Å². The normalized spacial score (nSPS) is 13.0. The zero-order valence-electron chi connectivity index (χ0n) is 21.3. The second kappa shape index (κ2) is 10.8. The number of hydrogen-bond donors (Lipinski definition) is 4. The van der Waals surface area contributed by atoms with Gasteiger partial charge in [-0.3, -0.25) is 9.59 Å². The van der Waals surface area contributed by atoms with Gasteiger partial charge in [-0.1, -0.05) is 36.1 Å². The Hall–Kier alpha value is -4.54. The minimum Gasteiger partial charge on any atom is -0.490 e. The van der Waals surface area contributed by atoms with E-state index in [2.05, 4.69) is 27.5 Å². The zero-order chi connectivity index (χ0) is 26.6. The monoisotopic (exact) mass is 507 g/mol. The maximum Gasteiger partial charge on any atom is 0.255 e. The number of fused-ring (bicyclic) bond motifs is 2. The number of aliphatic hydroxyl groups is 1. The van der Waals surface area contributed by atoms with Crippen molar-refractivity contribution in [1.82, 2.24) is 10.3 Å². The molecule has 0 saturated carbocycles. The summed E-state index contributed by atoms with van der Waals surface area (Å²) in [6, 6.07) is 18.4. The number of benzene rings is 3. The number of nitrogens with one attached hydrogen (secondary N) is 3. The first-order valence-electron chi connectivity index (χ1n) is 12.6. The maximum absolute atomic E-state index is 13.4. The van der Waals surface area contributed by atoms with Gasteiger partial charge in [0.25, 0.3) is 5.91 Å². The molecule has 0 saturated heterocycles. The van der Waals surface area contributed by atoms with Crippen LogP contribution in [0.15, 0.2) is 66.9 Å². The average molecular weight is 508 g/mol. The van der Waals surface area contributed by atoms with Crippen LogP contribution in [0.4, 0.5) is 5.69 Å². The van der Waals surface area contributed by atoms with Crippen LogP contribution in [0.2, 0.25) is 0 Å². The summed E-state index contributed by atoms with van der Waals surface area (Å²) in [5.74, 6) is 6.31. The molecule has 0 radical (unpaired) electrons. The third kappa shape index (κ3) is 5.56. The molecule has 192 valence electrons. The van der Waals surface area contributed by atoms with Crippen LogP contribution in [-0.2, 0) is 17.6 Å². The number of aromatic amines is 1.